The molecule has 9 heteroatoms. The van der Waals surface area contributed by atoms with E-state index in [1.165, 1.54) is 23.6 Å². The van der Waals surface area contributed by atoms with Crippen LogP contribution in [0, 0.1) is 11.8 Å². The molecule has 6 atom stereocenters. The number of hydrogen-bond acceptors (Lipinski definition) is 6. The number of carbonyl (C=O) groups is 3. The molecule has 0 aromatic rings. The van der Waals surface area contributed by atoms with Gasteiger partial charge in [-0.15, -0.1) is 11.8 Å². The quantitative estimate of drug-likeness (QED) is 0.559. The van der Waals surface area contributed by atoms with Gasteiger partial charge in [-0.1, -0.05) is 6.92 Å². The highest BCUT2D eigenvalue weighted by Crippen LogP contribution is 2.52. The van der Waals surface area contributed by atoms with Gasteiger partial charge >= 0.3 is 5.97 Å². The zero-order valence-corrected chi connectivity index (χ0v) is 15.8. The minimum absolute atomic E-state index is 0.0414. The monoisotopic (exact) mass is 384 g/mol. The molecule has 0 spiro atoms. The molecular formula is C17H24N2O6S. The Morgan fingerprint density at radius 2 is 2.15 bits per heavy atom. The average Bonchev–Trinajstić information content (AvgIpc) is 3.08. The number of β-lactam (4-membered cyclic amide) rings is 1. The first-order valence-corrected chi connectivity index (χ1v) is 9.61. The lowest BCUT2D eigenvalue weighted by molar-refractivity contribution is -0.163. The molecule has 3 aliphatic heterocycles. The number of carboxylic acid groups (broad SMARTS) is 1. The fraction of sp³-hybridized carbons (Fsp3) is 0.706. The molecule has 2 amide bonds. The predicted molar refractivity (Wildman–Crippen MR) is 94.1 cm³/mol. The minimum Gasteiger partial charge on any atom is -0.477 e. The van der Waals surface area contributed by atoms with E-state index >= 15 is 0 Å². The summed E-state index contributed by atoms with van der Waals surface area (Å²) in [7, 11) is 0. The summed E-state index contributed by atoms with van der Waals surface area (Å²) in [4.78, 5) is 37.1. The highest BCUT2D eigenvalue weighted by Gasteiger charge is 2.60. The third kappa shape index (κ3) is 3.23. The Kier molecular flexibility index (Phi) is 5.32. The highest BCUT2D eigenvalue weighted by molar-refractivity contribution is 8.03. The normalized spacial score (nSPS) is 34.5. The number of carboxylic acids is 1. The minimum atomic E-state index is -1.12. The number of carbonyl (C=O) groups excluding carboxylic acids is 2. The molecule has 3 aliphatic rings. The third-order valence-electron chi connectivity index (χ3n) is 5.23. The van der Waals surface area contributed by atoms with Gasteiger partial charge in [-0.05, 0) is 13.3 Å². The van der Waals surface area contributed by atoms with E-state index in [0.29, 0.717) is 24.5 Å². The topological polar surface area (TPSA) is 116 Å². The summed E-state index contributed by atoms with van der Waals surface area (Å²) in [6.45, 7) is 5.82. The number of aliphatic hydroxyl groups is 1. The Hall–Kier alpha value is -1.58. The van der Waals surface area contributed by atoms with Gasteiger partial charge in [0.25, 0.3) is 0 Å². The molecule has 2 unspecified atom stereocenters. The number of fused-ring (bicyclic) bond motifs is 1. The van der Waals surface area contributed by atoms with Crippen LogP contribution in [0.3, 0.4) is 0 Å². The highest BCUT2D eigenvalue weighted by atomic mass is 32.2. The van der Waals surface area contributed by atoms with E-state index in [4.69, 9.17) is 4.74 Å². The van der Waals surface area contributed by atoms with Gasteiger partial charge < -0.3 is 25.2 Å². The van der Waals surface area contributed by atoms with Gasteiger partial charge in [0, 0.05) is 29.5 Å². The van der Waals surface area contributed by atoms with Crippen molar-refractivity contribution in [3.05, 3.63) is 10.6 Å². The Morgan fingerprint density at radius 3 is 2.73 bits per heavy atom. The second-order valence-corrected chi connectivity index (χ2v) is 8.48. The van der Waals surface area contributed by atoms with Crippen LogP contribution in [0.2, 0.25) is 0 Å². The standard InChI is InChI=1S/C17H24N2O6S/c1-7-13-12(8(2)20)16(22)19(13)14(17(23)24)15(7)26-11-4-10(25-6-11)5-18-9(3)21/h7-8,10-13,20H,4-6H2,1-3H3,(H,18,21)(H,23,24)/t7-,8-,10?,11?,12-,13-/m1/s1. The van der Waals surface area contributed by atoms with Crippen LogP contribution in [-0.4, -0.2) is 69.5 Å². The maximum Gasteiger partial charge on any atom is 0.353 e. The Labute approximate surface area is 155 Å². The third-order valence-corrected chi connectivity index (χ3v) is 6.71. The molecule has 3 rings (SSSR count). The van der Waals surface area contributed by atoms with Gasteiger partial charge in [0.1, 0.15) is 5.70 Å². The smallest absolute Gasteiger partial charge is 0.353 e. The molecule has 2 saturated heterocycles. The van der Waals surface area contributed by atoms with E-state index in [0.717, 1.165) is 0 Å². The summed E-state index contributed by atoms with van der Waals surface area (Å²) in [5, 5.41) is 22.3. The lowest BCUT2D eigenvalue weighted by Crippen LogP contribution is -2.63. The van der Waals surface area contributed by atoms with E-state index in [2.05, 4.69) is 5.32 Å². The first-order chi connectivity index (χ1) is 12.2. The van der Waals surface area contributed by atoms with E-state index < -0.39 is 18.0 Å². The van der Waals surface area contributed by atoms with E-state index in [1.807, 2.05) is 6.92 Å². The maximum atomic E-state index is 12.3. The van der Waals surface area contributed by atoms with Gasteiger partial charge in [0.05, 0.1) is 30.8 Å². The van der Waals surface area contributed by atoms with Crippen LogP contribution in [0.15, 0.2) is 10.6 Å². The first-order valence-electron chi connectivity index (χ1n) is 8.73. The second kappa shape index (κ2) is 7.21. The van der Waals surface area contributed by atoms with Crippen molar-refractivity contribution < 1.29 is 29.3 Å². The number of hydrogen-bond donors (Lipinski definition) is 3. The fourth-order valence-corrected chi connectivity index (χ4v) is 5.48. The number of thioether (sulfide) groups is 1. The summed E-state index contributed by atoms with van der Waals surface area (Å²) in [6, 6.07) is -0.298. The van der Waals surface area contributed by atoms with Crippen LogP contribution in [0.1, 0.15) is 27.2 Å². The van der Waals surface area contributed by atoms with Crippen LogP contribution < -0.4 is 5.32 Å². The average molecular weight is 384 g/mol. The Balaban J connectivity index is 1.72. The van der Waals surface area contributed by atoms with E-state index in [1.54, 1.807) is 6.92 Å². The van der Waals surface area contributed by atoms with Crippen molar-refractivity contribution in [3.63, 3.8) is 0 Å². The number of amides is 2. The summed E-state index contributed by atoms with van der Waals surface area (Å²) in [5.74, 6) is -2.25. The lowest BCUT2D eigenvalue weighted by Gasteiger charge is -2.46. The number of aliphatic carboxylic acids is 1. The molecule has 0 aromatic carbocycles. The van der Waals surface area contributed by atoms with Gasteiger partial charge in [-0.2, -0.15) is 0 Å². The summed E-state index contributed by atoms with van der Waals surface area (Å²) in [6.07, 6.45) is -0.194. The molecule has 8 nitrogen and oxygen atoms in total. The van der Waals surface area contributed by atoms with Gasteiger partial charge in [-0.25, -0.2) is 4.79 Å². The fourth-order valence-electron chi connectivity index (χ4n) is 4.01. The molecule has 0 aliphatic carbocycles. The maximum absolute atomic E-state index is 12.3. The molecule has 0 aromatic heterocycles. The molecular weight excluding hydrogens is 360 g/mol. The van der Waals surface area contributed by atoms with Gasteiger partial charge in [0.15, 0.2) is 0 Å². The zero-order chi connectivity index (χ0) is 19.2. The largest absolute Gasteiger partial charge is 0.477 e. The van der Waals surface area contributed by atoms with Crippen molar-refractivity contribution in [2.45, 2.75) is 50.7 Å². The number of nitrogens with one attached hydrogen (secondary N) is 1. The number of rotatable bonds is 6. The van der Waals surface area contributed by atoms with Crippen LogP contribution >= 0.6 is 11.8 Å². The van der Waals surface area contributed by atoms with Crippen molar-refractivity contribution in [2.75, 3.05) is 13.2 Å². The Bertz CT molecular complexity index is 664. The summed E-state index contributed by atoms with van der Waals surface area (Å²) >= 11 is 1.45. The van der Waals surface area contributed by atoms with Crippen molar-refractivity contribution in [1.29, 1.82) is 0 Å². The molecule has 0 saturated carbocycles. The molecule has 144 valence electrons. The van der Waals surface area contributed by atoms with Crippen molar-refractivity contribution in [2.24, 2.45) is 11.8 Å². The molecule has 26 heavy (non-hydrogen) atoms. The summed E-state index contributed by atoms with van der Waals surface area (Å²) in [5.41, 5.74) is 0.0414. The molecule has 0 radical (unpaired) electrons. The van der Waals surface area contributed by atoms with Crippen LogP contribution in [0.4, 0.5) is 0 Å². The molecule has 0 bridgehead atoms. The second-order valence-electron chi connectivity index (χ2n) is 7.14. The van der Waals surface area contributed by atoms with E-state index in [9.17, 15) is 24.6 Å². The zero-order valence-electron chi connectivity index (χ0n) is 15.0. The first kappa shape index (κ1) is 19.2. The van der Waals surface area contributed by atoms with E-state index in [-0.39, 0.29) is 40.8 Å². The predicted octanol–water partition coefficient (Wildman–Crippen LogP) is 0.167. The summed E-state index contributed by atoms with van der Waals surface area (Å²) < 4.78 is 5.68. The number of ether oxygens (including phenoxy) is 1. The van der Waals surface area contributed by atoms with Crippen LogP contribution in [-0.2, 0) is 19.1 Å². The van der Waals surface area contributed by atoms with Gasteiger partial charge in [-0.3, -0.25) is 9.59 Å². The lowest BCUT2D eigenvalue weighted by atomic mass is 9.79. The van der Waals surface area contributed by atoms with Crippen molar-refractivity contribution in [1.82, 2.24) is 10.2 Å². The molecule has 3 heterocycles. The van der Waals surface area contributed by atoms with Crippen LogP contribution in [0.5, 0.6) is 0 Å². The number of nitrogens with zero attached hydrogens (tertiary/aromatic N) is 1. The van der Waals surface area contributed by atoms with Crippen molar-refractivity contribution >= 4 is 29.5 Å². The molecule has 2 fully saturated rings. The van der Waals surface area contributed by atoms with Crippen LogP contribution in [0.25, 0.3) is 0 Å². The molecule has 3 N–H and O–H groups in total. The number of aliphatic hydroxyl groups excluding tert-OH is 1. The van der Waals surface area contributed by atoms with Crippen molar-refractivity contribution in [3.8, 4) is 0 Å². The van der Waals surface area contributed by atoms with Gasteiger partial charge in [0.2, 0.25) is 11.8 Å². The SMILES string of the molecule is CC(=O)NCC1CC(SC2=C(C(=O)O)N3C(=O)[C@H]([C@@H](C)O)[C@H]3[C@H]2C)CO1. The Morgan fingerprint density at radius 1 is 1.46 bits per heavy atom.